The molecule has 0 spiro atoms. The Bertz CT molecular complexity index is 423. The van der Waals surface area contributed by atoms with Crippen molar-refractivity contribution in [2.75, 3.05) is 17.2 Å². The number of nitrogen functional groups attached to an aromatic ring is 1. The first-order valence-corrected chi connectivity index (χ1v) is 6.26. The number of carbonyl (C=O) groups is 1. The molecule has 0 radical (unpaired) electrons. The van der Waals surface area contributed by atoms with E-state index in [2.05, 4.69) is 9.97 Å². The number of rotatable bonds is 2. The van der Waals surface area contributed by atoms with Crippen molar-refractivity contribution in [1.82, 2.24) is 9.97 Å². The van der Waals surface area contributed by atoms with Crippen LogP contribution in [-0.2, 0) is 24.1 Å². The van der Waals surface area contributed by atoms with Crippen molar-refractivity contribution < 1.29 is 9.90 Å². The summed E-state index contributed by atoms with van der Waals surface area (Å²) in [6, 6.07) is 0. The second kappa shape index (κ2) is 4.69. The van der Waals surface area contributed by atoms with Gasteiger partial charge in [0, 0.05) is 0 Å². The molecule has 16 heavy (non-hydrogen) atoms. The molecule has 5 nitrogen and oxygen atoms in total. The molecule has 86 valence electrons. The van der Waals surface area contributed by atoms with Gasteiger partial charge in [-0.25, -0.2) is 9.97 Å². The zero-order valence-electron chi connectivity index (χ0n) is 8.77. The van der Waals surface area contributed by atoms with Crippen LogP contribution in [0, 0.1) is 0 Å². The predicted octanol–water partition coefficient (Wildman–Crippen LogP) is 0.518. The number of hydrogen-bond donors (Lipinski definition) is 2. The minimum atomic E-state index is -0.878. The van der Waals surface area contributed by atoms with Gasteiger partial charge in [-0.15, -0.1) is 0 Å². The minimum Gasteiger partial charge on any atom is -0.481 e. The van der Waals surface area contributed by atoms with Gasteiger partial charge in [0.25, 0.3) is 0 Å². The van der Waals surface area contributed by atoms with E-state index >= 15 is 0 Å². The molecule has 0 bridgehead atoms. The third kappa shape index (κ3) is 2.44. The van der Waals surface area contributed by atoms with Crippen LogP contribution in [0.15, 0.2) is 0 Å². The number of aliphatic carboxylic acids is 1. The van der Waals surface area contributed by atoms with E-state index in [1.165, 1.54) is 0 Å². The van der Waals surface area contributed by atoms with Crippen LogP contribution in [0.4, 0.5) is 5.95 Å². The molecular formula is C10H13N3O2S. The van der Waals surface area contributed by atoms with Gasteiger partial charge in [-0.3, -0.25) is 4.79 Å². The largest absolute Gasteiger partial charge is 0.481 e. The fourth-order valence-electron chi connectivity index (χ4n) is 1.83. The van der Waals surface area contributed by atoms with Gasteiger partial charge >= 0.3 is 5.97 Å². The Morgan fingerprint density at radius 1 is 1.38 bits per heavy atom. The molecule has 0 fully saturated rings. The third-order valence-electron chi connectivity index (χ3n) is 2.49. The van der Waals surface area contributed by atoms with Gasteiger partial charge < -0.3 is 10.8 Å². The van der Waals surface area contributed by atoms with E-state index < -0.39 is 5.97 Å². The summed E-state index contributed by atoms with van der Waals surface area (Å²) in [6.07, 6.45) is 1.61. The highest BCUT2D eigenvalue weighted by Crippen LogP contribution is 2.22. The van der Waals surface area contributed by atoms with Gasteiger partial charge in [-0.05, 0) is 29.9 Å². The molecule has 1 aliphatic heterocycles. The number of aromatic nitrogens is 2. The first-order chi connectivity index (χ1) is 7.66. The molecule has 0 unspecified atom stereocenters. The van der Waals surface area contributed by atoms with Crippen molar-refractivity contribution in [3.63, 3.8) is 0 Å². The lowest BCUT2D eigenvalue weighted by Gasteiger charge is -2.09. The van der Waals surface area contributed by atoms with Crippen molar-refractivity contribution in [1.29, 1.82) is 0 Å². The van der Waals surface area contributed by atoms with Crippen LogP contribution < -0.4 is 5.73 Å². The van der Waals surface area contributed by atoms with Gasteiger partial charge in [0.15, 0.2) is 0 Å². The third-order valence-corrected chi connectivity index (χ3v) is 3.48. The van der Waals surface area contributed by atoms with Crippen LogP contribution in [0.25, 0.3) is 0 Å². The maximum atomic E-state index is 10.7. The predicted molar refractivity (Wildman–Crippen MR) is 62.5 cm³/mol. The molecular weight excluding hydrogens is 226 g/mol. The van der Waals surface area contributed by atoms with Crippen molar-refractivity contribution in [3.05, 3.63) is 17.0 Å². The van der Waals surface area contributed by atoms with E-state index in [4.69, 9.17) is 10.8 Å². The molecule has 1 aromatic heterocycles. The summed E-state index contributed by atoms with van der Waals surface area (Å²) < 4.78 is 0. The Morgan fingerprint density at radius 3 is 2.88 bits per heavy atom. The van der Waals surface area contributed by atoms with Crippen LogP contribution >= 0.6 is 11.8 Å². The molecule has 6 heteroatoms. The summed E-state index contributed by atoms with van der Waals surface area (Å²) in [6.45, 7) is 0. The number of thioether (sulfide) groups is 1. The standard InChI is InChI=1S/C10H13N3O2S/c11-10-12-7-2-4-16-3-1-6(7)8(13-10)5-9(14)15/h1-5H2,(H,14,15)(H2,11,12,13). The van der Waals surface area contributed by atoms with E-state index in [1.54, 1.807) is 0 Å². The Morgan fingerprint density at radius 2 is 2.12 bits per heavy atom. The molecule has 1 aliphatic rings. The summed E-state index contributed by atoms with van der Waals surface area (Å²) >= 11 is 1.85. The summed E-state index contributed by atoms with van der Waals surface area (Å²) in [7, 11) is 0. The number of nitrogens with zero attached hydrogens (tertiary/aromatic N) is 2. The number of fused-ring (bicyclic) bond motifs is 1. The molecule has 3 N–H and O–H groups in total. The van der Waals surface area contributed by atoms with Gasteiger partial charge in [-0.1, -0.05) is 0 Å². The quantitative estimate of drug-likeness (QED) is 0.782. The van der Waals surface area contributed by atoms with Gasteiger partial charge in [0.05, 0.1) is 17.8 Å². The smallest absolute Gasteiger partial charge is 0.309 e. The molecule has 0 atom stereocenters. The molecule has 1 aromatic rings. The van der Waals surface area contributed by atoms with Crippen molar-refractivity contribution in [2.24, 2.45) is 0 Å². The van der Waals surface area contributed by atoms with Crippen LogP contribution in [0.2, 0.25) is 0 Å². The monoisotopic (exact) mass is 239 g/mol. The van der Waals surface area contributed by atoms with Crippen LogP contribution in [0.5, 0.6) is 0 Å². The van der Waals surface area contributed by atoms with E-state index in [0.29, 0.717) is 5.69 Å². The Hall–Kier alpha value is -1.30. The highest BCUT2D eigenvalue weighted by molar-refractivity contribution is 7.99. The van der Waals surface area contributed by atoms with Crippen molar-refractivity contribution >= 4 is 23.7 Å². The Labute approximate surface area is 97.5 Å². The number of carboxylic acid groups (broad SMARTS) is 1. The lowest BCUT2D eigenvalue weighted by molar-refractivity contribution is -0.136. The fraction of sp³-hybridized carbons (Fsp3) is 0.500. The maximum Gasteiger partial charge on any atom is 0.309 e. The zero-order valence-corrected chi connectivity index (χ0v) is 9.59. The van der Waals surface area contributed by atoms with Crippen molar-refractivity contribution in [3.8, 4) is 0 Å². The molecule has 0 saturated carbocycles. The first-order valence-electron chi connectivity index (χ1n) is 5.10. The topological polar surface area (TPSA) is 89.1 Å². The highest BCUT2D eigenvalue weighted by atomic mass is 32.2. The second-order valence-electron chi connectivity index (χ2n) is 3.64. The SMILES string of the molecule is Nc1nc2c(c(CC(=O)O)n1)CCSCC2. The lowest BCUT2D eigenvalue weighted by atomic mass is 10.0. The zero-order chi connectivity index (χ0) is 11.5. The van der Waals surface area contributed by atoms with Gasteiger partial charge in [0.1, 0.15) is 0 Å². The summed E-state index contributed by atoms with van der Waals surface area (Å²) in [5.74, 6) is 1.31. The first kappa shape index (κ1) is 11.2. The molecule has 2 heterocycles. The van der Waals surface area contributed by atoms with E-state index in [-0.39, 0.29) is 12.4 Å². The summed E-state index contributed by atoms with van der Waals surface area (Å²) in [5.41, 5.74) is 8.08. The minimum absolute atomic E-state index is 0.0697. The maximum absolute atomic E-state index is 10.7. The molecule has 0 aromatic carbocycles. The van der Waals surface area contributed by atoms with Gasteiger partial charge in [-0.2, -0.15) is 11.8 Å². The number of carboxylic acids is 1. The Kier molecular flexibility index (Phi) is 3.28. The molecule has 2 rings (SSSR count). The average Bonchev–Trinajstić information content (AvgIpc) is 2.41. The number of aryl methyl sites for hydroxylation is 1. The number of hydrogen-bond acceptors (Lipinski definition) is 5. The molecule has 0 amide bonds. The number of anilines is 1. The van der Waals surface area contributed by atoms with Crippen LogP contribution in [0.1, 0.15) is 17.0 Å². The van der Waals surface area contributed by atoms with Gasteiger partial charge in [0.2, 0.25) is 5.95 Å². The van der Waals surface area contributed by atoms with E-state index in [9.17, 15) is 4.79 Å². The highest BCUT2D eigenvalue weighted by Gasteiger charge is 2.17. The second-order valence-corrected chi connectivity index (χ2v) is 4.86. The van der Waals surface area contributed by atoms with Crippen LogP contribution in [-0.4, -0.2) is 32.5 Å². The lowest BCUT2D eigenvalue weighted by Crippen LogP contribution is -2.13. The van der Waals surface area contributed by atoms with Crippen LogP contribution in [0.3, 0.4) is 0 Å². The molecule has 0 saturated heterocycles. The summed E-state index contributed by atoms with van der Waals surface area (Å²) in [5, 5.41) is 8.82. The molecule has 0 aliphatic carbocycles. The Balaban J connectivity index is 2.42. The number of nitrogens with two attached hydrogens (primary N) is 1. The summed E-state index contributed by atoms with van der Waals surface area (Å²) in [4.78, 5) is 19.0. The van der Waals surface area contributed by atoms with Crippen molar-refractivity contribution in [2.45, 2.75) is 19.3 Å². The van der Waals surface area contributed by atoms with E-state index in [0.717, 1.165) is 35.6 Å². The van der Waals surface area contributed by atoms with E-state index in [1.807, 2.05) is 11.8 Å². The normalized spacial score (nSPS) is 15.2. The fourth-order valence-corrected chi connectivity index (χ4v) is 2.72. The average molecular weight is 239 g/mol.